The number of para-hydroxylation sites is 1. The van der Waals surface area contributed by atoms with Gasteiger partial charge in [0.25, 0.3) is 5.69 Å². The van der Waals surface area contributed by atoms with Crippen LogP contribution in [0.5, 0.6) is 0 Å². The number of nitrogens with zero attached hydrogens (tertiary/aromatic N) is 2. The number of non-ortho nitro benzene ring substituents is 1. The number of ketones is 1. The van der Waals surface area contributed by atoms with E-state index in [1.165, 1.54) is 12.1 Å². The third-order valence-electron chi connectivity index (χ3n) is 5.95. The van der Waals surface area contributed by atoms with E-state index < -0.39 is 16.1 Å². The van der Waals surface area contributed by atoms with Crippen LogP contribution in [0.2, 0.25) is 0 Å². The minimum Gasteiger partial charge on any atom is -0.312 e. The molecule has 170 valence electrons. The van der Waals surface area contributed by atoms with Crippen LogP contribution in [0.4, 0.5) is 5.69 Å². The van der Waals surface area contributed by atoms with Gasteiger partial charge in [-0.15, -0.1) is 0 Å². The molecule has 5 aromatic rings. The van der Waals surface area contributed by atoms with Crippen molar-refractivity contribution in [2.45, 2.75) is 6.42 Å². The molecule has 35 heavy (non-hydrogen) atoms. The van der Waals surface area contributed by atoms with Crippen molar-refractivity contribution in [1.29, 1.82) is 0 Å². The van der Waals surface area contributed by atoms with Crippen LogP contribution in [-0.4, -0.2) is 15.3 Å². The highest BCUT2D eigenvalue weighted by Gasteiger charge is 2.25. The average molecular weight is 460 g/mol. The molecule has 0 bridgehead atoms. The van der Waals surface area contributed by atoms with Crippen LogP contribution in [0.1, 0.15) is 27.2 Å². The summed E-state index contributed by atoms with van der Waals surface area (Å²) in [5, 5.41) is 11.6. The van der Waals surface area contributed by atoms with E-state index in [1.807, 2.05) is 65.2 Å². The molecule has 0 radical (unpaired) electrons. The molecule has 0 amide bonds. The van der Waals surface area contributed by atoms with Crippen molar-refractivity contribution in [3.05, 3.63) is 152 Å². The maximum Gasteiger partial charge on any atom is 0.270 e. The number of nitro groups is 1. The second kappa shape index (κ2) is 9.19. The van der Waals surface area contributed by atoms with Gasteiger partial charge in [-0.1, -0.05) is 78.9 Å². The topological polar surface area (TPSA) is 82.2 Å². The molecule has 1 heterocycles. The molecule has 1 aromatic heterocycles. The number of carbonyl (C=O) groups is 1. The van der Waals surface area contributed by atoms with Crippen molar-refractivity contribution in [2.75, 3.05) is 0 Å². The summed E-state index contributed by atoms with van der Waals surface area (Å²) in [6, 6.07) is 31.8. The van der Waals surface area contributed by atoms with Gasteiger partial charge >= 0.3 is 0 Å². The Kier molecular flexibility index (Phi) is 5.77. The van der Waals surface area contributed by atoms with Crippen molar-refractivity contribution >= 4 is 22.4 Å². The highest BCUT2D eigenvalue weighted by Crippen LogP contribution is 2.28. The third-order valence-corrected chi connectivity index (χ3v) is 5.95. The van der Waals surface area contributed by atoms with Gasteiger partial charge in [-0.05, 0) is 23.8 Å². The molecular formula is C29H20N2O4. The molecule has 0 saturated heterocycles. The van der Waals surface area contributed by atoms with Crippen LogP contribution in [0.25, 0.3) is 16.6 Å². The molecule has 0 saturated carbocycles. The molecule has 0 N–H and O–H groups in total. The first kappa shape index (κ1) is 22.0. The number of rotatable bonds is 6. The minimum atomic E-state index is -0.539. The second-order valence-electron chi connectivity index (χ2n) is 8.14. The molecule has 0 aliphatic heterocycles. The van der Waals surface area contributed by atoms with Crippen LogP contribution in [0, 0.1) is 10.1 Å². The van der Waals surface area contributed by atoms with Crippen molar-refractivity contribution < 1.29 is 9.72 Å². The van der Waals surface area contributed by atoms with Crippen molar-refractivity contribution in [3.8, 4) is 5.69 Å². The SMILES string of the molecule is O=C(c1ccccc1)c1c(Cc2ccccc2)n(-c2ccccc2)c2ccc([N+](=O)[O-])cc2c1=O. The Morgan fingerprint density at radius 1 is 0.800 bits per heavy atom. The molecule has 0 fully saturated rings. The van der Waals surface area contributed by atoms with Crippen LogP contribution in [0.15, 0.2) is 114 Å². The fourth-order valence-electron chi connectivity index (χ4n) is 4.33. The van der Waals surface area contributed by atoms with Gasteiger partial charge in [-0.3, -0.25) is 19.7 Å². The van der Waals surface area contributed by atoms with E-state index in [2.05, 4.69) is 0 Å². The number of benzene rings is 4. The zero-order valence-corrected chi connectivity index (χ0v) is 18.6. The number of hydrogen-bond acceptors (Lipinski definition) is 4. The van der Waals surface area contributed by atoms with E-state index in [4.69, 9.17) is 0 Å². The molecular weight excluding hydrogens is 440 g/mol. The van der Waals surface area contributed by atoms with Crippen molar-refractivity contribution in [1.82, 2.24) is 4.57 Å². The molecule has 0 aliphatic carbocycles. The van der Waals surface area contributed by atoms with Gasteiger partial charge in [0.15, 0.2) is 5.78 Å². The zero-order valence-electron chi connectivity index (χ0n) is 18.6. The van der Waals surface area contributed by atoms with Gasteiger partial charge in [-0.2, -0.15) is 0 Å². The number of aromatic nitrogens is 1. The Balaban J connectivity index is 1.92. The van der Waals surface area contributed by atoms with Crippen LogP contribution >= 0.6 is 0 Å². The van der Waals surface area contributed by atoms with Crippen LogP contribution < -0.4 is 5.43 Å². The average Bonchev–Trinajstić information content (AvgIpc) is 2.90. The van der Waals surface area contributed by atoms with Gasteiger partial charge in [0, 0.05) is 35.5 Å². The monoisotopic (exact) mass is 460 g/mol. The van der Waals surface area contributed by atoms with E-state index in [9.17, 15) is 19.7 Å². The summed E-state index contributed by atoms with van der Waals surface area (Å²) >= 11 is 0. The first-order chi connectivity index (χ1) is 17.0. The highest BCUT2D eigenvalue weighted by atomic mass is 16.6. The molecule has 0 aliphatic rings. The highest BCUT2D eigenvalue weighted by molar-refractivity contribution is 6.11. The zero-order chi connectivity index (χ0) is 24.4. The summed E-state index contributed by atoms with van der Waals surface area (Å²) < 4.78 is 1.86. The van der Waals surface area contributed by atoms with Gasteiger partial charge in [0.1, 0.15) is 0 Å². The second-order valence-corrected chi connectivity index (χ2v) is 8.14. The van der Waals surface area contributed by atoms with Crippen molar-refractivity contribution in [3.63, 3.8) is 0 Å². The molecule has 0 atom stereocenters. The number of carbonyl (C=O) groups excluding carboxylic acids is 1. The summed E-state index contributed by atoms with van der Waals surface area (Å²) in [5.41, 5.74) is 2.38. The molecule has 6 nitrogen and oxygen atoms in total. The normalized spacial score (nSPS) is 10.9. The smallest absolute Gasteiger partial charge is 0.270 e. The van der Waals surface area contributed by atoms with Crippen molar-refractivity contribution in [2.24, 2.45) is 0 Å². The largest absolute Gasteiger partial charge is 0.312 e. The fourth-order valence-corrected chi connectivity index (χ4v) is 4.33. The third kappa shape index (κ3) is 4.13. The summed E-state index contributed by atoms with van der Waals surface area (Å²) in [6.07, 6.45) is 0.325. The van der Waals surface area contributed by atoms with E-state index in [0.29, 0.717) is 23.2 Å². The van der Waals surface area contributed by atoms with E-state index in [-0.39, 0.29) is 16.6 Å². The quantitative estimate of drug-likeness (QED) is 0.184. The number of nitro benzene ring substituents is 1. The Labute approximate surface area is 200 Å². The Bertz CT molecular complexity index is 1610. The molecule has 5 rings (SSSR count). The molecule has 0 unspecified atom stereocenters. The fraction of sp³-hybridized carbons (Fsp3) is 0.0345. The predicted molar refractivity (Wildman–Crippen MR) is 135 cm³/mol. The lowest BCUT2D eigenvalue weighted by Gasteiger charge is -2.21. The Hall–Kier alpha value is -4.84. The van der Waals surface area contributed by atoms with E-state index in [1.54, 1.807) is 36.4 Å². The molecule has 4 aromatic carbocycles. The Morgan fingerprint density at radius 2 is 1.40 bits per heavy atom. The lowest BCUT2D eigenvalue weighted by atomic mass is 9.95. The maximum absolute atomic E-state index is 13.9. The van der Waals surface area contributed by atoms with Crippen LogP contribution in [-0.2, 0) is 6.42 Å². The first-order valence-corrected chi connectivity index (χ1v) is 11.1. The summed E-state index contributed by atoms with van der Waals surface area (Å²) in [5.74, 6) is -0.417. The maximum atomic E-state index is 13.9. The molecule has 6 heteroatoms. The molecule has 0 spiro atoms. The van der Waals surface area contributed by atoms with Gasteiger partial charge < -0.3 is 4.57 Å². The van der Waals surface area contributed by atoms with Gasteiger partial charge in [0.05, 0.1) is 21.4 Å². The lowest BCUT2D eigenvalue weighted by molar-refractivity contribution is -0.384. The minimum absolute atomic E-state index is 0.0110. The summed E-state index contributed by atoms with van der Waals surface area (Å²) in [7, 11) is 0. The Morgan fingerprint density at radius 3 is 2.03 bits per heavy atom. The van der Waals surface area contributed by atoms with E-state index in [0.717, 1.165) is 11.3 Å². The summed E-state index contributed by atoms with van der Waals surface area (Å²) in [4.78, 5) is 38.6. The van der Waals surface area contributed by atoms with Gasteiger partial charge in [0.2, 0.25) is 5.43 Å². The predicted octanol–water partition coefficient (Wildman–Crippen LogP) is 5.72. The van der Waals surface area contributed by atoms with E-state index >= 15 is 0 Å². The standard InChI is InChI=1S/C29H20N2O4/c32-28(21-12-6-2-7-13-21)27-26(18-20-10-4-1-5-11-20)30(22-14-8-3-9-15-22)25-17-16-23(31(34)35)19-24(25)29(27)33/h1-17,19H,18H2. The van der Waals surface area contributed by atoms with Gasteiger partial charge in [-0.25, -0.2) is 0 Å². The number of fused-ring (bicyclic) bond motifs is 1. The van der Waals surface area contributed by atoms with Crippen LogP contribution in [0.3, 0.4) is 0 Å². The summed E-state index contributed by atoms with van der Waals surface area (Å²) in [6.45, 7) is 0. The number of pyridine rings is 1. The first-order valence-electron chi connectivity index (χ1n) is 11.1. The lowest BCUT2D eigenvalue weighted by Crippen LogP contribution is -2.25. The number of hydrogen-bond donors (Lipinski definition) is 0.